The Labute approximate surface area is 235 Å². The summed E-state index contributed by atoms with van der Waals surface area (Å²) in [5, 5.41) is 10.5. The van der Waals surface area contributed by atoms with Crippen molar-refractivity contribution in [3.05, 3.63) is 47.3 Å². The van der Waals surface area contributed by atoms with Crippen LogP contribution in [0.5, 0.6) is 11.5 Å². The number of phenols is 1. The Bertz CT molecular complexity index is 1420. The Morgan fingerprint density at radius 3 is 2.70 bits per heavy atom. The van der Waals surface area contributed by atoms with Gasteiger partial charge in [-0.25, -0.2) is 9.37 Å². The highest BCUT2D eigenvalue weighted by molar-refractivity contribution is 6.35. The number of aromatic nitrogens is 1. The number of carbonyl (C=O) groups is 3. The van der Waals surface area contributed by atoms with E-state index in [4.69, 9.17) is 21.3 Å². The second kappa shape index (κ2) is 9.96. The molecule has 4 aliphatic rings. The van der Waals surface area contributed by atoms with Crippen LogP contribution in [-0.2, 0) is 9.59 Å². The molecule has 4 aliphatic heterocycles. The van der Waals surface area contributed by atoms with Gasteiger partial charge >= 0.3 is 0 Å². The van der Waals surface area contributed by atoms with Crippen LogP contribution in [0.3, 0.4) is 0 Å². The number of pyridine rings is 1. The van der Waals surface area contributed by atoms with E-state index in [0.29, 0.717) is 32.5 Å². The van der Waals surface area contributed by atoms with Gasteiger partial charge in [-0.3, -0.25) is 14.4 Å². The molecule has 0 saturated carbocycles. The third-order valence-electron chi connectivity index (χ3n) is 8.29. The Kier molecular flexibility index (Phi) is 6.56. The molecule has 1 unspecified atom stereocenters. The van der Waals surface area contributed by atoms with Gasteiger partial charge in [-0.05, 0) is 31.6 Å². The van der Waals surface area contributed by atoms with Crippen molar-refractivity contribution >= 4 is 35.1 Å². The number of aromatic hydroxyl groups is 1. The summed E-state index contributed by atoms with van der Waals surface area (Å²) in [6.07, 6.45) is 2.39. The first-order chi connectivity index (χ1) is 19.2. The molecular weight excluding hydrogens is 541 g/mol. The summed E-state index contributed by atoms with van der Waals surface area (Å²) in [4.78, 5) is 50.8. The van der Waals surface area contributed by atoms with Gasteiger partial charge in [-0.2, -0.15) is 0 Å². The molecule has 6 rings (SSSR count). The SMILES string of the molecule is C=CC(=O)N1CCN2C(=O)c3c(N4CC5CCC(=O)N5C[C@@H]4C)nc(-c4c(O)cccc4F)c(Cl)c3OC[C@H]2C1. The molecule has 1 aromatic heterocycles. The second-order valence-corrected chi connectivity index (χ2v) is 11.0. The van der Waals surface area contributed by atoms with Crippen LogP contribution >= 0.6 is 11.6 Å². The first kappa shape index (κ1) is 26.4. The zero-order valence-corrected chi connectivity index (χ0v) is 22.7. The van der Waals surface area contributed by atoms with Crippen LogP contribution in [0.4, 0.5) is 10.2 Å². The number of hydrogen-bond donors (Lipinski definition) is 1. The molecule has 0 bridgehead atoms. The largest absolute Gasteiger partial charge is 0.507 e. The number of halogens is 2. The number of hydrogen-bond acceptors (Lipinski definition) is 7. The van der Waals surface area contributed by atoms with E-state index in [1.165, 1.54) is 24.3 Å². The normalized spacial score (nSPS) is 24.2. The van der Waals surface area contributed by atoms with Crippen LogP contribution in [-0.4, -0.2) is 100.0 Å². The van der Waals surface area contributed by atoms with Crippen molar-refractivity contribution in [2.45, 2.75) is 37.9 Å². The van der Waals surface area contributed by atoms with Gasteiger partial charge in [-0.1, -0.05) is 24.2 Å². The quantitative estimate of drug-likeness (QED) is 0.567. The van der Waals surface area contributed by atoms with E-state index < -0.39 is 11.9 Å². The molecule has 2 aromatic rings. The lowest BCUT2D eigenvalue weighted by molar-refractivity contribution is -0.130. The van der Waals surface area contributed by atoms with Crippen LogP contribution in [0, 0.1) is 5.82 Å². The number of ether oxygens (including phenoxy) is 1. The first-order valence-corrected chi connectivity index (χ1v) is 13.7. The maximum Gasteiger partial charge on any atom is 0.261 e. The van der Waals surface area contributed by atoms with E-state index in [2.05, 4.69) is 6.58 Å². The lowest BCUT2D eigenvalue weighted by Crippen LogP contribution is -2.58. The fourth-order valence-corrected chi connectivity index (χ4v) is 6.50. The lowest BCUT2D eigenvalue weighted by Gasteiger charge is -2.44. The van der Waals surface area contributed by atoms with E-state index in [1.54, 1.807) is 9.80 Å². The predicted molar refractivity (Wildman–Crippen MR) is 145 cm³/mol. The molecular formula is C28H29ClFN5O5. The minimum Gasteiger partial charge on any atom is -0.507 e. The molecule has 1 N–H and O–H groups in total. The fourth-order valence-electron chi connectivity index (χ4n) is 6.22. The maximum atomic E-state index is 15.1. The zero-order valence-electron chi connectivity index (χ0n) is 22.0. The molecule has 5 heterocycles. The molecule has 3 amide bonds. The number of fused-ring (bicyclic) bond motifs is 3. The highest BCUT2D eigenvalue weighted by Crippen LogP contribution is 2.46. The van der Waals surface area contributed by atoms with Crippen LogP contribution in [0.25, 0.3) is 11.3 Å². The topological polar surface area (TPSA) is 107 Å². The Balaban J connectivity index is 1.50. The standard InChI is InChI=1S/C28H29ClFN5O5/c1-3-20(37)32-9-10-33-17(12-32)14-40-26-23(28(33)39)27(34-13-16-7-8-21(38)35(16)11-15(34)2)31-25(24(26)29)22-18(30)5-4-6-19(22)36/h3-6,15-17,36H,1,7-14H2,2H3/t15-,16?,17+/m0/s1. The van der Waals surface area contributed by atoms with Gasteiger partial charge < -0.3 is 29.4 Å². The van der Waals surface area contributed by atoms with Gasteiger partial charge in [-0.15, -0.1) is 0 Å². The van der Waals surface area contributed by atoms with Crippen LogP contribution in [0.15, 0.2) is 30.9 Å². The van der Waals surface area contributed by atoms with Crippen molar-refractivity contribution in [3.8, 4) is 22.8 Å². The average molecular weight is 570 g/mol. The maximum absolute atomic E-state index is 15.1. The number of amides is 3. The number of phenolic OH excluding ortho intramolecular Hbond substituents is 1. The van der Waals surface area contributed by atoms with Crippen LogP contribution < -0.4 is 9.64 Å². The fraction of sp³-hybridized carbons (Fsp3) is 0.429. The van der Waals surface area contributed by atoms with Crippen molar-refractivity contribution in [2.24, 2.45) is 0 Å². The van der Waals surface area contributed by atoms with E-state index in [9.17, 15) is 19.5 Å². The highest BCUT2D eigenvalue weighted by Gasteiger charge is 2.44. The van der Waals surface area contributed by atoms with Crippen molar-refractivity contribution in [1.29, 1.82) is 0 Å². The van der Waals surface area contributed by atoms with Crippen molar-refractivity contribution in [3.63, 3.8) is 0 Å². The zero-order chi connectivity index (χ0) is 28.3. The summed E-state index contributed by atoms with van der Waals surface area (Å²) in [7, 11) is 0. The molecule has 3 fully saturated rings. The predicted octanol–water partition coefficient (Wildman–Crippen LogP) is 2.68. The molecule has 0 radical (unpaired) electrons. The summed E-state index contributed by atoms with van der Waals surface area (Å²) in [5.41, 5.74) is -0.0841. The summed E-state index contributed by atoms with van der Waals surface area (Å²) in [5.74, 6) is -1.24. The molecule has 3 atom stereocenters. The third-order valence-corrected chi connectivity index (χ3v) is 8.64. The number of benzene rings is 1. The van der Waals surface area contributed by atoms with Gasteiger partial charge in [0.1, 0.15) is 40.3 Å². The van der Waals surface area contributed by atoms with Gasteiger partial charge in [0, 0.05) is 51.2 Å². The monoisotopic (exact) mass is 569 g/mol. The highest BCUT2D eigenvalue weighted by atomic mass is 35.5. The molecule has 210 valence electrons. The molecule has 40 heavy (non-hydrogen) atoms. The van der Waals surface area contributed by atoms with E-state index in [0.717, 1.165) is 0 Å². The van der Waals surface area contributed by atoms with Crippen LogP contribution in [0.1, 0.15) is 30.1 Å². The van der Waals surface area contributed by atoms with Crippen molar-refractivity contribution < 1.29 is 28.6 Å². The second-order valence-electron chi connectivity index (χ2n) is 10.6. The summed E-state index contributed by atoms with van der Waals surface area (Å²) >= 11 is 6.81. The molecule has 10 nitrogen and oxygen atoms in total. The Morgan fingerprint density at radius 2 is 1.95 bits per heavy atom. The van der Waals surface area contributed by atoms with Gasteiger partial charge in [0.05, 0.1) is 11.6 Å². The number of piperazine rings is 2. The molecule has 0 aliphatic carbocycles. The number of anilines is 1. The van der Waals surface area contributed by atoms with E-state index >= 15 is 4.39 Å². The number of rotatable bonds is 3. The Morgan fingerprint density at radius 1 is 1.15 bits per heavy atom. The van der Waals surface area contributed by atoms with Gasteiger partial charge in [0.2, 0.25) is 11.8 Å². The average Bonchev–Trinajstić information content (AvgIpc) is 3.22. The minimum absolute atomic E-state index is 0.0423. The van der Waals surface area contributed by atoms with Crippen molar-refractivity contribution in [1.82, 2.24) is 19.7 Å². The minimum atomic E-state index is -0.726. The summed E-state index contributed by atoms with van der Waals surface area (Å²) in [6.45, 7) is 7.28. The van der Waals surface area contributed by atoms with Gasteiger partial charge in [0.15, 0.2) is 5.75 Å². The summed E-state index contributed by atoms with van der Waals surface area (Å²) in [6, 6.07) is 3.19. The molecule has 12 heteroatoms. The van der Waals surface area contributed by atoms with Gasteiger partial charge in [0.25, 0.3) is 5.91 Å². The van der Waals surface area contributed by atoms with Crippen LogP contribution in [0.2, 0.25) is 5.02 Å². The van der Waals surface area contributed by atoms with E-state index in [-0.39, 0.29) is 88.7 Å². The lowest BCUT2D eigenvalue weighted by atomic mass is 10.0. The summed E-state index contributed by atoms with van der Waals surface area (Å²) < 4.78 is 21.3. The van der Waals surface area contributed by atoms with E-state index in [1.807, 2.05) is 16.7 Å². The Hall–Kier alpha value is -3.86. The number of nitrogens with zero attached hydrogens (tertiary/aromatic N) is 5. The molecule has 1 aromatic carbocycles. The van der Waals surface area contributed by atoms with Crippen molar-refractivity contribution in [2.75, 3.05) is 44.2 Å². The third kappa shape index (κ3) is 4.14. The smallest absolute Gasteiger partial charge is 0.261 e. The molecule has 0 spiro atoms. The number of carbonyl (C=O) groups excluding carboxylic acids is 3. The molecule has 3 saturated heterocycles. The first-order valence-electron chi connectivity index (χ1n) is 13.3.